The van der Waals surface area contributed by atoms with Crippen LogP contribution in [0.5, 0.6) is 5.75 Å². The van der Waals surface area contributed by atoms with Crippen LogP contribution in [0.3, 0.4) is 0 Å². The average Bonchev–Trinajstić information content (AvgIpc) is 2.68. The highest BCUT2D eigenvalue weighted by molar-refractivity contribution is 7.92. The van der Waals surface area contributed by atoms with Crippen molar-refractivity contribution in [1.29, 1.82) is 0 Å². The van der Waals surface area contributed by atoms with Gasteiger partial charge >= 0.3 is 0 Å². The summed E-state index contributed by atoms with van der Waals surface area (Å²) >= 11 is 0. The number of hydrogen-bond donors (Lipinski definition) is 1. The van der Waals surface area contributed by atoms with Crippen molar-refractivity contribution >= 4 is 25.7 Å². The molecule has 1 heterocycles. The van der Waals surface area contributed by atoms with E-state index in [9.17, 15) is 16.8 Å². The van der Waals surface area contributed by atoms with E-state index >= 15 is 0 Å². The van der Waals surface area contributed by atoms with Crippen LogP contribution in [-0.4, -0.2) is 40.5 Å². The number of nitrogens with one attached hydrogen (secondary N) is 1. The third kappa shape index (κ3) is 4.63. The fourth-order valence-corrected chi connectivity index (χ4v) is 6.33. The quantitative estimate of drug-likeness (QED) is 0.696. The van der Waals surface area contributed by atoms with Crippen molar-refractivity contribution in [2.24, 2.45) is 0 Å². The van der Waals surface area contributed by atoms with Gasteiger partial charge in [-0.25, -0.2) is 16.8 Å². The molecule has 2 aromatic rings. The van der Waals surface area contributed by atoms with Crippen LogP contribution in [0.15, 0.2) is 35.2 Å². The molecule has 0 spiro atoms. The zero-order valence-corrected chi connectivity index (χ0v) is 19.4. The van der Waals surface area contributed by atoms with Crippen molar-refractivity contribution < 1.29 is 21.6 Å². The van der Waals surface area contributed by atoms with Crippen molar-refractivity contribution in [3.8, 4) is 5.75 Å². The van der Waals surface area contributed by atoms with Crippen LogP contribution in [-0.2, 0) is 33.0 Å². The minimum Gasteiger partial charge on any atom is -0.495 e. The second kappa shape index (κ2) is 8.56. The molecule has 30 heavy (non-hydrogen) atoms. The molecule has 1 aliphatic heterocycles. The van der Waals surface area contributed by atoms with Gasteiger partial charge < -0.3 is 4.74 Å². The Kier molecular flexibility index (Phi) is 6.45. The molecule has 0 aromatic heterocycles. The van der Waals surface area contributed by atoms with Crippen LogP contribution in [0.4, 0.5) is 5.69 Å². The second-order valence-corrected chi connectivity index (χ2v) is 11.3. The molecule has 0 unspecified atom stereocenters. The number of anilines is 1. The number of methoxy groups -OCH3 is 1. The lowest BCUT2D eigenvalue weighted by Crippen LogP contribution is -2.37. The van der Waals surface area contributed by atoms with E-state index in [0.29, 0.717) is 25.1 Å². The molecule has 0 saturated heterocycles. The zero-order valence-electron chi connectivity index (χ0n) is 17.7. The van der Waals surface area contributed by atoms with Gasteiger partial charge in [0.1, 0.15) is 10.6 Å². The van der Waals surface area contributed by atoms with E-state index in [-0.39, 0.29) is 22.9 Å². The first-order chi connectivity index (χ1) is 14.1. The van der Waals surface area contributed by atoms with E-state index in [1.165, 1.54) is 11.4 Å². The molecule has 0 radical (unpaired) electrons. The SMILES string of the molecule is CCCS(=O)(=O)N1CCc2ccc(NS(=O)(=O)c3cc(C)c(C)cc3OC)cc2C1. The molecule has 0 aliphatic carbocycles. The lowest BCUT2D eigenvalue weighted by molar-refractivity contribution is 0.391. The summed E-state index contributed by atoms with van der Waals surface area (Å²) < 4.78 is 60.3. The number of rotatable bonds is 7. The summed E-state index contributed by atoms with van der Waals surface area (Å²) in [4.78, 5) is 0.0676. The smallest absolute Gasteiger partial charge is 0.265 e. The van der Waals surface area contributed by atoms with Gasteiger partial charge in [0, 0.05) is 18.8 Å². The molecule has 0 atom stereocenters. The molecule has 1 N–H and O–H groups in total. The topological polar surface area (TPSA) is 92.8 Å². The Morgan fingerprint density at radius 2 is 1.73 bits per heavy atom. The summed E-state index contributed by atoms with van der Waals surface area (Å²) in [6.07, 6.45) is 1.17. The second-order valence-electron chi connectivity index (χ2n) is 7.58. The Hall–Kier alpha value is -2.10. The Bertz CT molecular complexity index is 1160. The fraction of sp³-hybridized carbons (Fsp3) is 0.429. The Morgan fingerprint density at radius 1 is 1.03 bits per heavy atom. The number of fused-ring (bicyclic) bond motifs is 1. The van der Waals surface area contributed by atoms with Crippen molar-refractivity contribution in [1.82, 2.24) is 4.31 Å². The molecular weight excluding hydrogens is 424 g/mol. The van der Waals surface area contributed by atoms with Crippen molar-refractivity contribution in [2.75, 3.05) is 24.1 Å². The highest BCUT2D eigenvalue weighted by Crippen LogP contribution is 2.30. The van der Waals surface area contributed by atoms with Crippen molar-refractivity contribution in [3.05, 3.63) is 52.6 Å². The van der Waals surface area contributed by atoms with Gasteiger partial charge in [-0.1, -0.05) is 13.0 Å². The standard InChI is InChI=1S/C21H28N2O5S2/c1-5-10-29(24,25)23-9-8-17-6-7-19(13-18(17)14-23)22-30(26,27)21-12-16(3)15(2)11-20(21)28-4/h6-7,11-13,22H,5,8-10,14H2,1-4H3. The molecule has 7 nitrogen and oxygen atoms in total. The van der Waals surface area contributed by atoms with E-state index in [2.05, 4.69) is 4.72 Å². The van der Waals surface area contributed by atoms with Crippen LogP contribution < -0.4 is 9.46 Å². The minimum absolute atomic E-state index is 0.0676. The molecule has 2 aromatic carbocycles. The maximum Gasteiger partial charge on any atom is 0.265 e. The average molecular weight is 453 g/mol. The van der Waals surface area contributed by atoms with Gasteiger partial charge in [-0.15, -0.1) is 0 Å². The number of sulfonamides is 2. The van der Waals surface area contributed by atoms with Crippen LogP contribution >= 0.6 is 0 Å². The predicted octanol–water partition coefficient (Wildman–Crippen LogP) is 3.21. The van der Waals surface area contributed by atoms with Gasteiger partial charge in [0.2, 0.25) is 10.0 Å². The summed E-state index contributed by atoms with van der Waals surface area (Å²) in [6.45, 7) is 6.27. The van der Waals surface area contributed by atoms with Gasteiger partial charge in [-0.3, -0.25) is 4.72 Å². The first kappa shape index (κ1) is 22.6. The van der Waals surface area contributed by atoms with E-state index in [4.69, 9.17) is 4.74 Å². The number of hydrogen-bond acceptors (Lipinski definition) is 5. The molecule has 0 fully saturated rings. The molecular formula is C21H28N2O5S2. The maximum absolute atomic E-state index is 13.0. The van der Waals surface area contributed by atoms with Gasteiger partial charge in [0.15, 0.2) is 0 Å². The fourth-order valence-electron chi connectivity index (χ4n) is 3.56. The normalized spacial score (nSPS) is 14.9. The molecule has 0 bridgehead atoms. The summed E-state index contributed by atoms with van der Waals surface area (Å²) in [7, 11) is -5.75. The summed E-state index contributed by atoms with van der Waals surface area (Å²) in [5, 5.41) is 0. The maximum atomic E-state index is 13.0. The summed E-state index contributed by atoms with van der Waals surface area (Å²) in [5.74, 6) is 0.390. The predicted molar refractivity (Wildman–Crippen MR) is 118 cm³/mol. The van der Waals surface area contributed by atoms with E-state index in [0.717, 1.165) is 22.3 Å². The molecule has 9 heteroatoms. The van der Waals surface area contributed by atoms with Crippen LogP contribution in [0, 0.1) is 13.8 Å². The summed E-state index contributed by atoms with van der Waals surface area (Å²) in [6, 6.07) is 8.57. The van der Waals surface area contributed by atoms with Crippen LogP contribution in [0.25, 0.3) is 0 Å². The van der Waals surface area contributed by atoms with E-state index in [1.54, 1.807) is 24.3 Å². The van der Waals surface area contributed by atoms with Gasteiger partial charge in [-0.2, -0.15) is 4.31 Å². The first-order valence-corrected chi connectivity index (χ1v) is 12.9. The summed E-state index contributed by atoms with van der Waals surface area (Å²) in [5.41, 5.74) is 4.02. The Morgan fingerprint density at radius 3 is 2.40 bits per heavy atom. The minimum atomic E-state index is -3.88. The zero-order chi connectivity index (χ0) is 22.1. The molecule has 164 valence electrons. The molecule has 3 rings (SSSR count). The Balaban J connectivity index is 1.90. The first-order valence-electron chi connectivity index (χ1n) is 9.85. The third-order valence-corrected chi connectivity index (χ3v) is 8.79. The van der Waals surface area contributed by atoms with Crippen LogP contribution in [0.1, 0.15) is 35.6 Å². The number of ether oxygens (including phenoxy) is 1. The van der Waals surface area contributed by atoms with Gasteiger partial charge in [-0.05, 0) is 73.2 Å². The lowest BCUT2D eigenvalue weighted by Gasteiger charge is -2.28. The van der Waals surface area contributed by atoms with E-state index in [1.807, 2.05) is 26.8 Å². The molecule has 1 aliphatic rings. The van der Waals surface area contributed by atoms with Crippen LogP contribution in [0.2, 0.25) is 0 Å². The lowest BCUT2D eigenvalue weighted by atomic mass is 10.0. The van der Waals surface area contributed by atoms with Crippen molar-refractivity contribution in [3.63, 3.8) is 0 Å². The number of nitrogens with zero attached hydrogens (tertiary/aromatic N) is 1. The Labute approximate surface area is 179 Å². The van der Waals surface area contributed by atoms with Gasteiger partial charge in [0.05, 0.1) is 12.9 Å². The highest BCUT2D eigenvalue weighted by atomic mass is 32.2. The molecule has 0 amide bonds. The third-order valence-electron chi connectivity index (χ3n) is 5.36. The number of aryl methyl sites for hydroxylation is 2. The highest BCUT2D eigenvalue weighted by Gasteiger charge is 2.27. The van der Waals surface area contributed by atoms with Gasteiger partial charge in [0.25, 0.3) is 10.0 Å². The van der Waals surface area contributed by atoms with E-state index < -0.39 is 20.0 Å². The molecule has 0 saturated carbocycles. The van der Waals surface area contributed by atoms with Crippen molar-refractivity contribution in [2.45, 2.75) is 45.1 Å². The number of benzene rings is 2. The monoisotopic (exact) mass is 452 g/mol. The largest absolute Gasteiger partial charge is 0.495 e.